The first-order valence-electron chi connectivity index (χ1n) is 4.86. The number of alkyl halides is 2. The number of piperidine rings is 1. The van der Waals surface area contributed by atoms with E-state index in [4.69, 9.17) is 0 Å². The van der Waals surface area contributed by atoms with E-state index in [1.807, 2.05) is 6.07 Å². The van der Waals surface area contributed by atoms with Gasteiger partial charge in [-0.3, -0.25) is 0 Å². The Hall–Kier alpha value is -0.960. The zero-order chi connectivity index (χ0) is 10.0. The third-order valence-corrected chi connectivity index (χ3v) is 2.59. The van der Waals surface area contributed by atoms with Gasteiger partial charge in [-0.25, -0.2) is 8.78 Å². The number of nitrogens with one attached hydrogen (secondary N) is 1. The monoisotopic (exact) mass is 197 g/mol. The first-order valence-corrected chi connectivity index (χ1v) is 4.86. The zero-order valence-corrected chi connectivity index (χ0v) is 7.84. The van der Waals surface area contributed by atoms with E-state index in [1.165, 1.54) is 0 Å². The minimum Gasteiger partial charge on any atom is -0.305 e. The van der Waals surface area contributed by atoms with Crippen molar-refractivity contribution < 1.29 is 8.78 Å². The Morgan fingerprint density at radius 1 is 1.21 bits per heavy atom. The Morgan fingerprint density at radius 2 is 1.93 bits per heavy atom. The maximum Gasteiger partial charge on any atom is 0.267 e. The Kier molecular flexibility index (Phi) is 2.50. The third kappa shape index (κ3) is 1.77. The lowest BCUT2D eigenvalue weighted by molar-refractivity contribution is -0.0619. The van der Waals surface area contributed by atoms with Crippen molar-refractivity contribution in [2.75, 3.05) is 6.54 Å². The summed E-state index contributed by atoms with van der Waals surface area (Å²) >= 11 is 0. The number of hydrogen-bond acceptors (Lipinski definition) is 1. The fourth-order valence-corrected chi connectivity index (χ4v) is 1.87. The van der Waals surface area contributed by atoms with Gasteiger partial charge in [0.25, 0.3) is 5.92 Å². The summed E-state index contributed by atoms with van der Waals surface area (Å²) in [5, 5.41) is 2.88. The molecule has 0 aromatic heterocycles. The molecule has 0 aliphatic carbocycles. The summed E-state index contributed by atoms with van der Waals surface area (Å²) in [5.74, 6) is -2.61. The molecule has 1 nitrogen and oxygen atoms in total. The van der Waals surface area contributed by atoms with Crippen LogP contribution in [-0.4, -0.2) is 12.5 Å². The highest BCUT2D eigenvalue weighted by Gasteiger charge is 2.41. The number of benzene rings is 1. The molecule has 1 heterocycles. The van der Waals surface area contributed by atoms with E-state index >= 15 is 0 Å². The number of hydrogen-bond donors (Lipinski definition) is 1. The van der Waals surface area contributed by atoms with Gasteiger partial charge in [-0.05, 0) is 18.5 Å². The standard InChI is InChI=1S/C11H13F2N/c12-11(13)7-4-8-14-10(11)9-5-2-1-3-6-9/h1-3,5-6,10,14H,4,7-8H2. The fraction of sp³-hybridized carbons (Fsp3) is 0.455. The molecule has 14 heavy (non-hydrogen) atoms. The molecule has 3 heteroatoms. The van der Waals surface area contributed by atoms with Crippen LogP contribution in [0.1, 0.15) is 24.4 Å². The topological polar surface area (TPSA) is 12.0 Å². The number of rotatable bonds is 1. The van der Waals surface area contributed by atoms with Crippen molar-refractivity contribution in [3.05, 3.63) is 35.9 Å². The predicted molar refractivity (Wildman–Crippen MR) is 51.4 cm³/mol. The highest BCUT2D eigenvalue weighted by atomic mass is 19.3. The number of halogens is 2. The van der Waals surface area contributed by atoms with Gasteiger partial charge in [0.2, 0.25) is 0 Å². The van der Waals surface area contributed by atoms with Crippen LogP contribution in [0.25, 0.3) is 0 Å². The molecule has 0 amide bonds. The van der Waals surface area contributed by atoms with Gasteiger partial charge in [-0.2, -0.15) is 0 Å². The van der Waals surface area contributed by atoms with Crippen LogP contribution in [0.4, 0.5) is 8.78 Å². The van der Waals surface area contributed by atoms with E-state index in [9.17, 15) is 8.78 Å². The molecule has 1 atom stereocenters. The average Bonchev–Trinajstić information content (AvgIpc) is 2.18. The predicted octanol–water partition coefficient (Wildman–Crippen LogP) is 2.75. The second kappa shape index (κ2) is 3.65. The molecule has 2 rings (SSSR count). The first kappa shape index (κ1) is 9.59. The van der Waals surface area contributed by atoms with Crippen molar-refractivity contribution in [3.63, 3.8) is 0 Å². The van der Waals surface area contributed by atoms with Gasteiger partial charge in [0.05, 0.1) is 6.04 Å². The molecule has 1 fully saturated rings. The van der Waals surface area contributed by atoms with Gasteiger partial charge in [-0.15, -0.1) is 0 Å². The Balaban J connectivity index is 2.24. The van der Waals surface area contributed by atoms with Crippen LogP contribution in [0.5, 0.6) is 0 Å². The van der Waals surface area contributed by atoms with Crippen LogP contribution in [0, 0.1) is 0 Å². The maximum absolute atomic E-state index is 13.5. The average molecular weight is 197 g/mol. The SMILES string of the molecule is FC1(F)CCCNC1c1ccccc1. The molecule has 1 aliphatic heterocycles. The largest absolute Gasteiger partial charge is 0.305 e. The molecule has 0 bridgehead atoms. The molecule has 1 aromatic carbocycles. The minimum absolute atomic E-state index is 0.0143. The molecule has 1 saturated heterocycles. The molecule has 1 aromatic rings. The van der Waals surface area contributed by atoms with Crippen LogP contribution >= 0.6 is 0 Å². The zero-order valence-electron chi connectivity index (χ0n) is 7.84. The fourth-order valence-electron chi connectivity index (χ4n) is 1.87. The molecule has 1 unspecified atom stereocenters. The summed E-state index contributed by atoms with van der Waals surface area (Å²) in [4.78, 5) is 0. The molecule has 1 N–H and O–H groups in total. The van der Waals surface area contributed by atoms with E-state index in [0.717, 1.165) is 0 Å². The van der Waals surface area contributed by atoms with Crippen molar-refractivity contribution in [2.24, 2.45) is 0 Å². The second-order valence-corrected chi connectivity index (χ2v) is 3.66. The molecule has 1 aliphatic rings. The van der Waals surface area contributed by atoms with Gasteiger partial charge in [0, 0.05) is 6.42 Å². The van der Waals surface area contributed by atoms with E-state index < -0.39 is 12.0 Å². The lowest BCUT2D eigenvalue weighted by atomic mass is 9.94. The molecular formula is C11H13F2N. The Labute approximate surface area is 82.1 Å². The maximum atomic E-state index is 13.5. The van der Waals surface area contributed by atoms with Gasteiger partial charge in [-0.1, -0.05) is 30.3 Å². The molecule has 0 saturated carbocycles. The van der Waals surface area contributed by atoms with Crippen molar-refractivity contribution in [1.82, 2.24) is 5.32 Å². The van der Waals surface area contributed by atoms with Crippen molar-refractivity contribution in [1.29, 1.82) is 0 Å². The lowest BCUT2D eigenvalue weighted by Crippen LogP contribution is -2.42. The van der Waals surface area contributed by atoms with Crippen LogP contribution in [0.15, 0.2) is 30.3 Å². The molecule has 0 spiro atoms. The van der Waals surface area contributed by atoms with Crippen LogP contribution in [0.2, 0.25) is 0 Å². The quantitative estimate of drug-likeness (QED) is 0.730. The molecule has 0 radical (unpaired) electrons. The normalized spacial score (nSPS) is 26.0. The highest BCUT2D eigenvalue weighted by Crippen LogP contribution is 2.37. The summed E-state index contributed by atoms with van der Waals surface area (Å²) in [5.41, 5.74) is 0.678. The van der Waals surface area contributed by atoms with Crippen molar-refractivity contribution >= 4 is 0 Å². The van der Waals surface area contributed by atoms with Crippen LogP contribution < -0.4 is 5.32 Å². The van der Waals surface area contributed by atoms with E-state index in [2.05, 4.69) is 5.32 Å². The molecular weight excluding hydrogens is 184 g/mol. The summed E-state index contributed by atoms with van der Waals surface area (Å²) in [6, 6.07) is 8.11. The van der Waals surface area contributed by atoms with Crippen molar-refractivity contribution in [3.8, 4) is 0 Å². The first-order chi connectivity index (χ1) is 6.70. The summed E-state index contributed by atoms with van der Waals surface area (Å²) in [7, 11) is 0. The van der Waals surface area contributed by atoms with Gasteiger partial charge in [0.15, 0.2) is 0 Å². The minimum atomic E-state index is -2.61. The van der Waals surface area contributed by atoms with Crippen LogP contribution in [-0.2, 0) is 0 Å². The third-order valence-electron chi connectivity index (χ3n) is 2.59. The van der Waals surface area contributed by atoms with Gasteiger partial charge < -0.3 is 5.32 Å². The smallest absolute Gasteiger partial charge is 0.267 e. The summed E-state index contributed by atoms with van der Waals surface area (Å²) < 4.78 is 27.0. The second-order valence-electron chi connectivity index (χ2n) is 3.66. The van der Waals surface area contributed by atoms with E-state index in [-0.39, 0.29) is 6.42 Å². The lowest BCUT2D eigenvalue weighted by Gasteiger charge is -2.32. The van der Waals surface area contributed by atoms with Crippen molar-refractivity contribution in [2.45, 2.75) is 24.8 Å². The Bertz CT molecular complexity index is 297. The summed E-state index contributed by atoms with van der Waals surface area (Å²) in [6.45, 7) is 0.676. The van der Waals surface area contributed by atoms with E-state index in [1.54, 1.807) is 24.3 Å². The van der Waals surface area contributed by atoms with Crippen LogP contribution in [0.3, 0.4) is 0 Å². The Morgan fingerprint density at radius 3 is 2.57 bits per heavy atom. The van der Waals surface area contributed by atoms with E-state index in [0.29, 0.717) is 18.5 Å². The van der Waals surface area contributed by atoms with Gasteiger partial charge >= 0.3 is 0 Å². The highest BCUT2D eigenvalue weighted by molar-refractivity contribution is 5.21. The summed E-state index contributed by atoms with van der Waals surface area (Å²) in [6.07, 6.45) is 0.538. The molecule has 76 valence electrons. The van der Waals surface area contributed by atoms with Gasteiger partial charge in [0.1, 0.15) is 0 Å².